The molecule has 0 aliphatic rings. The van der Waals surface area contributed by atoms with Gasteiger partial charge in [0.25, 0.3) is 5.91 Å². The Labute approximate surface area is 125 Å². The Morgan fingerprint density at radius 1 is 1.43 bits per heavy atom. The molecule has 0 saturated carbocycles. The Bertz CT molecular complexity index is 474. The molecule has 1 rings (SSSR count). The molecule has 0 spiro atoms. The number of hydrogen-bond donors (Lipinski definition) is 2. The summed E-state index contributed by atoms with van der Waals surface area (Å²) < 4.78 is 18.4. The quantitative estimate of drug-likeness (QED) is 0.813. The second-order valence-corrected chi connectivity index (χ2v) is 6.15. The zero-order valence-electron chi connectivity index (χ0n) is 13.0. The lowest BCUT2D eigenvalue weighted by Gasteiger charge is -2.27. The summed E-state index contributed by atoms with van der Waals surface area (Å²) in [5.41, 5.74) is -0.206. The van der Waals surface area contributed by atoms with E-state index < -0.39 is 18.0 Å². The van der Waals surface area contributed by atoms with Crippen LogP contribution >= 0.6 is 0 Å². The van der Waals surface area contributed by atoms with Gasteiger partial charge in [0, 0.05) is 12.6 Å². The summed E-state index contributed by atoms with van der Waals surface area (Å²) in [5, 5.41) is 12.2. The van der Waals surface area contributed by atoms with Gasteiger partial charge in [-0.1, -0.05) is 19.9 Å². The summed E-state index contributed by atoms with van der Waals surface area (Å²) in [4.78, 5) is 12.0. The number of ether oxygens (including phenoxy) is 1. The molecule has 2 unspecified atom stereocenters. The van der Waals surface area contributed by atoms with E-state index in [-0.39, 0.29) is 11.3 Å². The smallest absolute Gasteiger partial charge is 0.260 e. The van der Waals surface area contributed by atoms with Crippen LogP contribution in [0.25, 0.3) is 0 Å². The maximum Gasteiger partial charge on any atom is 0.260 e. The first-order chi connectivity index (χ1) is 9.69. The summed E-state index contributed by atoms with van der Waals surface area (Å²) in [6, 6.07) is 5.68. The summed E-state index contributed by atoms with van der Waals surface area (Å²) in [5.74, 6) is -0.350. The Kier molecular flexibility index (Phi) is 6.15. The highest BCUT2D eigenvalue weighted by atomic mass is 19.1. The van der Waals surface area contributed by atoms with Crippen LogP contribution in [0.3, 0.4) is 0 Å². The predicted octanol–water partition coefficient (Wildman–Crippen LogP) is 2.51. The average Bonchev–Trinajstić information content (AvgIpc) is 2.34. The lowest BCUT2D eigenvalue weighted by atomic mass is 9.87. The van der Waals surface area contributed by atoms with Crippen molar-refractivity contribution in [1.82, 2.24) is 5.32 Å². The number of carbonyl (C=O) groups excluding carboxylic acids is 1. The summed E-state index contributed by atoms with van der Waals surface area (Å²) in [6.07, 6.45) is -0.543. The van der Waals surface area contributed by atoms with Crippen LogP contribution in [0.1, 0.15) is 34.1 Å². The number of nitrogens with one attached hydrogen (secondary N) is 1. The third-order valence-corrected chi connectivity index (χ3v) is 3.07. The van der Waals surface area contributed by atoms with Crippen molar-refractivity contribution in [3.8, 4) is 5.75 Å². The minimum atomic E-state index is -0.714. The molecule has 0 bridgehead atoms. The lowest BCUT2D eigenvalue weighted by Crippen LogP contribution is -2.41. The van der Waals surface area contributed by atoms with E-state index in [1.54, 1.807) is 19.9 Å². The maximum atomic E-state index is 13.0. The molecule has 2 N–H and O–H groups in total. The van der Waals surface area contributed by atoms with Gasteiger partial charge in [-0.15, -0.1) is 0 Å². The van der Waals surface area contributed by atoms with Gasteiger partial charge in [0.1, 0.15) is 11.6 Å². The Hall–Kier alpha value is -1.62. The van der Waals surface area contributed by atoms with Crippen LogP contribution in [0.4, 0.5) is 4.39 Å². The molecule has 0 radical (unpaired) electrons. The van der Waals surface area contributed by atoms with E-state index in [0.29, 0.717) is 18.7 Å². The first-order valence-electron chi connectivity index (χ1n) is 7.07. The minimum Gasteiger partial charge on any atom is -0.481 e. The predicted molar refractivity (Wildman–Crippen MR) is 79.6 cm³/mol. The van der Waals surface area contributed by atoms with Gasteiger partial charge in [-0.05, 0) is 37.8 Å². The number of benzene rings is 1. The second-order valence-electron chi connectivity index (χ2n) is 6.15. The third-order valence-electron chi connectivity index (χ3n) is 3.07. The van der Waals surface area contributed by atoms with Crippen LogP contribution in [-0.4, -0.2) is 29.8 Å². The van der Waals surface area contributed by atoms with Gasteiger partial charge in [0.2, 0.25) is 0 Å². The van der Waals surface area contributed by atoms with E-state index in [1.165, 1.54) is 18.2 Å². The highest BCUT2D eigenvalue weighted by molar-refractivity contribution is 5.80. The lowest BCUT2D eigenvalue weighted by molar-refractivity contribution is -0.127. The molecule has 21 heavy (non-hydrogen) atoms. The van der Waals surface area contributed by atoms with E-state index >= 15 is 0 Å². The fourth-order valence-electron chi connectivity index (χ4n) is 2.14. The van der Waals surface area contributed by atoms with E-state index in [0.717, 1.165) is 0 Å². The average molecular weight is 297 g/mol. The van der Waals surface area contributed by atoms with E-state index in [1.807, 2.05) is 13.8 Å². The van der Waals surface area contributed by atoms with E-state index in [2.05, 4.69) is 5.32 Å². The summed E-state index contributed by atoms with van der Waals surface area (Å²) in [7, 11) is 0. The topological polar surface area (TPSA) is 58.6 Å². The molecule has 1 aromatic rings. The minimum absolute atomic E-state index is 0.206. The van der Waals surface area contributed by atoms with Crippen LogP contribution in [0.2, 0.25) is 0 Å². The molecule has 0 heterocycles. The van der Waals surface area contributed by atoms with Crippen molar-refractivity contribution in [2.45, 2.75) is 46.3 Å². The molecule has 1 amide bonds. The molecular weight excluding hydrogens is 273 g/mol. The van der Waals surface area contributed by atoms with Gasteiger partial charge in [0.15, 0.2) is 6.10 Å². The van der Waals surface area contributed by atoms with E-state index in [4.69, 9.17) is 4.74 Å². The zero-order valence-corrected chi connectivity index (χ0v) is 13.0. The molecule has 0 aromatic heterocycles. The Balaban J connectivity index is 2.48. The van der Waals surface area contributed by atoms with Crippen LogP contribution in [-0.2, 0) is 4.79 Å². The fourth-order valence-corrected chi connectivity index (χ4v) is 2.14. The van der Waals surface area contributed by atoms with Crippen molar-refractivity contribution in [2.75, 3.05) is 6.54 Å². The number of aliphatic hydroxyl groups excluding tert-OH is 1. The third kappa shape index (κ3) is 6.58. The number of aliphatic hydroxyl groups is 1. The number of rotatable bonds is 7. The molecule has 5 heteroatoms. The van der Waals surface area contributed by atoms with Crippen molar-refractivity contribution in [2.24, 2.45) is 5.41 Å². The highest BCUT2D eigenvalue weighted by Gasteiger charge is 2.23. The molecule has 0 aliphatic carbocycles. The van der Waals surface area contributed by atoms with Gasteiger partial charge >= 0.3 is 0 Å². The first kappa shape index (κ1) is 17.4. The standard InChI is InChI=1S/C16H24FNO3/c1-11(19)9-16(3,4)10-18-15(20)12(2)21-14-7-5-6-13(17)8-14/h5-8,11-12,19H,9-10H2,1-4H3,(H,18,20). The van der Waals surface area contributed by atoms with Crippen LogP contribution < -0.4 is 10.1 Å². The number of hydrogen-bond acceptors (Lipinski definition) is 3. The molecular formula is C16H24FNO3. The number of carbonyl (C=O) groups is 1. The summed E-state index contributed by atoms with van der Waals surface area (Å²) >= 11 is 0. The number of halogens is 1. The first-order valence-corrected chi connectivity index (χ1v) is 7.07. The largest absolute Gasteiger partial charge is 0.481 e. The van der Waals surface area contributed by atoms with Crippen LogP contribution in [0, 0.1) is 11.2 Å². The zero-order chi connectivity index (χ0) is 16.0. The monoisotopic (exact) mass is 297 g/mol. The summed E-state index contributed by atoms with van der Waals surface area (Å²) in [6.45, 7) is 7.71. The molecule has 118 valence electrons. The molecule has 0 aliphatic heterocycles. The maximum absolute atomic E-state index is 13.0. The van der Waals surface area contributed by atoms with Gasteiger partial charge in [-0.2, -0.15) is 0 Å². The number of amides is 1. The molecule has 1 aromatic carbocycles. The Morgan fingerprint density at radius 3 is 2.67 bits per heavy atom. The van der Waals surface area contributed by atoms with Crippen molar-refractivity contribution >= 4 is 5.91 Å². The van der Waals surface area contributed by atoms with Crippen molar-refractivity contribution in [3.63, 3.8) is 0 Å². The van der Waals surface area contributed by atoms with Crippen molar-refractivity contribution in [1.29, 1.82) is 0 Å². The van der Waals surface area contributed by atoms with Gasteiger partial charge < -0.3 is 15.2 Å². The molecule has 0 saturated heterocycles. The van der Waals surface area contributed by atoms with Gasteiger partial charge in [-0.3, -0.25) is 4.79 Å². The normalized spacial score (nSPS) is 14.4. The molecule has 0 fully saturated rings. The second kappa shape index (κ2) is 7.41. The van der Waals surface area contributed by atoms with Crippen molar-refractivity contribution < 1.29 is 19.0 Å². The van der Waals surface area contributed by atoms with Crippen LogP contribution in [0.15, 0.2) is 24.3 Å². The van der Waals surface area contributed by atoms with Crippen LogP contribution in [0.5, 0.6) is 5.75 Å². The molecule has 4 nitrogen and oxygen atoms in total. The fraction of sp³-hybridized carbons (Fsp3) is 0.562. The van der Waals surface area contributed by atoms with Gasteiger partial charge in [0.05, 0.1) is 6.10 Å². The highest BCUT2D eigenvalue weighted by Crippen LogP contribution is 2.21. The van der Waals surface area contributed by atoms with Gasteiger partial charge in [-0.25, -0.2) is 4.39 Å². The Morgan fingerprint density at radius 2 is 2.10 bits per heavy atom. The van der Waals surface area contributed by atoms with E-state index in [9.17, 15) is 14.3 Å². The SMILES string of the molecule is CC(O)CC(C)(C)CNC(=O)C(C)Oc1cccc(F)c1. The van der Waals surface area contributed by atoms with Crippen molar-refractivity contribution in [3.05, 3.63) is 30.1 Å². The molecule has 2 atom stereocenters.